The van der Waals surface area contributed by atoms with E-state index in [9.17, 15) is 9.59 Å². The van der Waals surface area contributed by atoms with Crippen molar-refractivity contribution < 1.29 is 19.1 Å². The Balaban J connectivity index is 2.80. The molecule has 1 saturated heterocycles. The summed E-state index contributed by atoms with van der Waals surface area (Å²) in [5.41, 5.74) is 0. The summed E-state index contributed by atoms with van der Waals surface area (Å²) >= 11 is 0. The summed E-state index contributed by atoms with van der Waals surface area (Å²) in [6.07, 6.45) is 2.33. The molecule has 1 heterocycles. The van der Waals surface area contributed by atoms with E-state index in [0.717, 1.165) is 19.3 Å². The summed E-state index contributed by atoms with van der Waals surface area (Å²) in [6.45, 7) is 2.57. The molecule has 2 unspecified atom stereocenters. The molecule has 0 aromatic carbocycles. The fourth-order valence-electron chi connectivity index (χ4n) is 2.27. The van der Waals surface area contributed by atoms with Crippen molar-refractivity contribution in [2.24, 2.45) is 0 Å². The minimum Gasteiger partial charge on any atom is -0.468 e. The third-order valence-corrected chi connectivity index (χ3v) is 3.07. The number of methoxy groups -OCH3 is 2. The minimum absolute atomic E-state index is 0.268. The van der Waals surface area contributed by atoms with Gasteiger partial charge in [0.1, 0.15) is 12.1 Å². The highest BCUT2D eigenvalue weighted by Gasteiger charge is 2.38. The zero-order valence-electron chi connectivity index (χ0n) is 10.1. The second kappa shape index (κ2) is 5.84. The molecule has 1 fully saturated rings. The summed E-state index contributed by atoms with van der Waals surface area (Å²) in [6, 6.07) is -0.624. The topological polar surface area (TPSA) is 55.8 Å². The number of hydrogen-bond donors (Lipinski definition) is 0. The molecule has 0 radical (unpaired) electrons. The minimum atomic E-state index is -0.312. The number of ether oxygens (including phenoxy) is 2. The van der Waals surface area contributed by atoms with Crippen LogP contribution in [0, 0.1) is 0 Å². The van der Waals surface area contributed by atoms with E-state index in [2.05, 4.69) is 0 Å². The standard InChI is InChI=1S/C11H19NO4/c1-4-12-8(10(13)15-2)6-5-7-9(12)11(14)16-3/h8-9H,4-7H2,1-3H3. The van der Waals surface area contributed by atoms with Gasteiger partial charge in [-0.15, -0.1) is 0 Å². The van der Waals surface area contributed by atoms with E-state index in [-0.39, 0.29) is 24.0 Å². The van der Waals surface area contributed by atoms with Crippen LogP contribution in [0.4, 0.5) is 0 Å². The molecule has 1 aliphatic rings. The molecule has 0 aromatic rings. The smallest absolute Gasteiger partial charge is 0.323 e. The fourth-order valence-corrected chi connectivity index (χ4v) is 2.27. The zero-order valence-corrected chi connectivity index (χ0v) is 10.1. The molecule has 0 amide bonds. The Morgan fingerprint density at radius 1 is 1.12 bits per heavy atom. The van der Waals surface area contributed by atoms with Crippen molar-refractivity contribution in [2.45, 2.75) is 38.3 Å². The molecule has 0 aliphatic carbocycles. The lowest BCUT2D eigenvalue weighted by molar-refractivity contribution is -0.157. The Bertz CT molecular complexity index is 243. The molecular formula is C11H19NO4. The molecule has 0 aromatic heterocycles. The van der Waals surface area contributed by atoms with Gasteiger partial charge in [-0.25, -0.2) is 0 Å². The van der Waals surface area contributed by atoms with E-state index < -0.39 is 0 Å². The molecule has 5 heteroatoms. The molecule has 0 bridgehead atoms. The van der Waals surface area contributed by atoms with Crippen LogP contribution in [0.25, 0.3) is 0 Å². The zero-order chi connectivity index (χ0) is 12.1. The molecule has 0 N–H and O–H groups in total. The van der Waals surface area contributed by atoms with Gasteiger partial charge in [0, 0.05) is 0 Å². The molecule has 1 aliphatic heterocycles. The Kier molecular flexibility index (Phi) is 4.73. The maximum absolute atomic E-state index is 11.6. The van der Waals surface area contributed by atoms with Crippen molar-refractivity contribution in [2.75, 3.05) is 20.8 Å². The molecular weight excluding hydrogens is 210 g/mol. The fraction of sp³-hybridized carbons (Fsp3) is 0.818. The van der Waals surface area contributed by atoms with Crippen molar-refractivity contribution in [3.05, 3.63) is 0 Å². The van der Waals surface area contributed by atoms with Crippen molar-refractivity contribution in [1.29, 1.82) is 0 Å². The van der Waals surface area contributed by atoms with Gasteiger partial charge in [0.05, 0.1) is 14.2 Å². The summed E-state index contributed by atoms with van der Waals surface area (Å²) in [5.74, 6) is -0.536. The maximum Gasteiger partial charge on any atom is 0.323 e. The van der Waals surface area contributed by atoms with Crippen LogP contribution in [0.3, 0.4) is 0 Å². The van der Waals surface area contributed by atoms with Gasteiger partial charge >= 0.3 is 11.9 Å². The number of rotatable bonds is 3. The Morgan fingerprint density at radius 2 is 1.56 bits per heavy atom. The van der Waals surface area contributed by atoms with E-state index in [0.29, 0.717) is 6.54 Å². The second-order valence-electron chi connectivity index (χ2n) is 3.84. The van der Waals surface area contributed by atoms with Crippen molar-refractivity contribution in [1.82, 2.24) is 4.90 Å². The quantitative estimate of drug-likeness (QED) is 0.662. The van der Waals surface area contributed by atoms with Crippen LogP contribution in [0.2, 0.25) is 0 Å². The number of nitrogens with zero attached hydrogens (tertiary/aromatic N) is 1. The van der Waals surface area contributed by atoms with Gasteiger partial charge in [0.15, 0.2) is 0 Å². The highest BCUT2D eigenvalue weighted by atomic mass is 16.5. The van der Waals surface area contributed by atoms with Gasteiger partial charge in [0.25, 0.3) is 0 Å². The van der Waals surface area contributed by atoms with E-state index >= 15 is 0 Å². The molecule has 5 nitrogen and oxygen atoms in total. The molecule has 0 saturated carbocycles. The van der Waals surface area contributed by atoms with Crippen molar-refractivity contribution >= 4 is 11.9 Å². The van der Waals surface area contributed by atoms with Crippen LogP contribution in [-0.4, -0.2) is 49.7 Å². The highest BCUT2D eigenvalue weighted by Crippen LogP contribution is 2.24. The summed E-state index contributed by atoms with van der Waals surface area (Å²) < 4.78 is 9.50. The molecule has 92 valence electrons. The highest BCUT2D eigenvalue weighted by molar-refractivity contribution is 5.80. The SMILES string of the molecule is CCN1C(C(=O)OC)CCCC1C(=O)OC. The molecule has 16 heavy (non-hydrogen) atoms. The lowest BCUT2D eigenvalue weighted by Gasteiger charge is -2.38. The molecule has 0 spiro atoms. The van der Waals surface area contributed by atoms with Crippen molar-refractivity contribution in [3.8, 4) is 0 Å². The predicted octanol–water partition coefficient (Wildman–Crippen LogP) is 0.575. The summed E-state index contributed by atoms with van der Waals surface area (Å²) in [4.78, 5) is 25.0. The second-order valence-corrected chi connectivity index (χ2v) is 3.84. The number of esters is 2. The third kappa shape index (κ3) is 2.52. The van der Waals surface area contributed by atoms with Crippen molar-refractivity contribution in [3.63, 3.8) is 0 Å². The van der Waals surface area contributed by atoms with E-state index in [1.807, 2.05) is 11.8 Å². The number of carbonyl (C=O) groups is 2. The van der Waals surface area contributed by atoms with E-state index in [1.165, 1.54) is 14.2 Å². The number of hydrogen-bond acceptors (Lipinski definition) is 5. The average molecular weight is 229 g/mol. The normalized spacial score (nSPS) is 26.2. The summed E-state index contributed by atoms with van der Waals surface area (Å²) in [5, 5.41) is 0. The molecule has 2 atom stereocenters. The van der Waals surface area contributed by atoms with E-state index in [1.54, 1.807) is 0 Å². The van der Waals surface area contributed by atoms with Gasteiger partial charge in [-0.3, -0.25) is 14.5 Å². The Morgan fingerprint density at radius 3 is 1.88 bits per heavy atom. The first-order chi connectivity index (χ1) is 7.65. The van der Waals surface area contributed by atoms with Crippen LogP contribution in [0.15, 0.2) is 0 Å². The number of likely N-dealkylation sites (tertiary alicyclic amines) is 1. The van der Waals surface area contributed by atoms with E-state index in [4.69, 9.17) is 9.47 Å². The van der Waals surface area contributed by atoms with Gasteiger partial charge in [0.2, 0.25) is 0 Å². The molecule has 1 rings (SSSR count). The van der Waals surface area contributed by atoms with Crippen LogP contribution >= 0.6 is 0 Å². The maximum atomic E-state index is 11.6. The van der Waals surface area contributed by atoms with Crippen LogP contribution < -0.4 is 0 Å². The van der Waals surface area contributed by atoms with Gasteiger partial charge in [-0.2, -0.15) is 0 Å². The lowest BCUT2D eigenvalue weighted by Crippen LogP contribution is -2.53. The number of piperidine rings is 1. The first-order valence-corrected chi connectivity index (χ1v) is 5.57. The van der Waals surface area contributed by atoms with Gasteiger partial charge in [-0.05, 0) is 25.8 Å². The van der Waals surface area contributed by atoms with Crippen LogP contribution in [0.1, 0.15) is 26.2 Å². The largest absolute Gasteiger partial charge is 0.468 e. The Hall–Kier alpha value is -1.10. The lowest BCUT2D eigenvalue weighted by atomic mass is 9.95. The van der Waals surface area contributed by atoms with Gasteiger partial charge in [-0.1, -0.05) is 6.92 Å². The first kappa shape index (κ1) is 13.0. The number of likely N-dealkylation sites (N-methyl/N-ethyl adjacent to an activating group) is 1. The van der Waals surface area contributed by atoms with Crippen LogP contribution in [-0.2, 0) is 19.1 Å². The predicted molar refractivity (Wildman–Crippen MR) is 57.8 cm³/mol. The number of carbonyl (C=O) groups excluding carboxylic acids is 2. The first-order valence-electron chi connectivity index (χ1n) is 5.57. The monoisotopic (exact) mass is 229 g/mol. The van der Waals surface area contributed by atoms with Crippen LogP contribution in [0.5, 0.6) is 0 Å². The third-order valence-electron chi connectivity index (χ3n) is 3.07. The Labute approximate surface area is 95.7 Å². The average Bonchev–Trinajstić information content (AvgIpc) is 2.35. The summed E-state index contributed by atoms with van der Waals surface area (Å²) in [7, 11) is 2.75. The van der Waals surface area contributed by atoms with Gasteiger partial charge < -0.3 is 9.47 Å².